The number of nitrogens with one attached hydrogen (secondary N) is 1. The molecule has 0 atom stereocenters. The normalized spacial score (nSPS) is 17.4. The first kappa shape index (κ1) is 19.4. The smallest absolute Gasteiger partial charge is 0.261 e. The van der Waals surface area contributed by atoms with Gasteiger partial charge in [0.25, 0.3) is 10.0 Å². The van der Waals surface area contributed by atoms with Crippen LogP contribution in [-0.2, 0) is 20.0 Å². The summed E-state index contributed by atoms with van der Waals surface area (Å²) in [6.07, 6.45) is 5.57. The van der Waals surface area contributed by atoms with Crippen LogP contribution in [-0.4, -0.2) is 45.4 Å². The molecule has 1 aromatic carbocycles. The molecule has 1 aromatic rings. The molecule has 2 N–H and O–H groups in total. The first-order valence-electron chi connectivity index (χ1n) is 7.47. The topological polar surface area (TPSA) is 104 Å². The Morgan fingerprint density at radius 3 is 2.48 bits per heavy atom. The quantitative estimate of drug-likeness (QED) is 0.682. The fourth-order valence-electron chi connectivity index (χ4n) is 2.12. The van der Waals surface area contributed by atoms with Gasteiger partial charge in [-0.2, -0.15) is 4.31 Å². The van der Waals surface area contributed by atoms with Crippen LogP contribution < -0.4 is 4.72 Å². The molecular formula is C16H20N2O5S2. The van der Waals surface area contributed by atoms with Crippen molar-refractivity contribution in [2.45, 2.75) is 22.8 Å². The molecule has 2 rings (SSSR count). The lowest BCUT2D eigenvalue weighted by atomic mass is 10.2. The number of nitrogens with zero attached hydrogens (tertiary/aromatic N) is 1. The van der Waals surface area contributed by atoms with E-state index in [1.807, 2.05) is 0 Å². The lowest BCUT2D eigenvalue weighted by molar-refractivity contribution is 0.0548. The second-order valence-electron chi connectivity index (χ2n) is 5.41. The van der Waals surface area contributed by atoms with E-state index < -0.39 is 26.2 Å². The molecule has 1 heterocycles. The molecule has 9 heteroatoms. The van der Waals surface area contributed by atoms with Gasteiger partial charge in [0.1, 0.15) is 0 Å². The highest BCUT2D eigenvalue weighted by atomic mass is 32.2. The highest BCUT2D eigenvalue weighted by Gasteiger charge is 2.36. The molecule has 0 amide bonds. The van der Waals surface area contributed by atoms with Crippen molar-refractivity contribution < 1.29 is 21.9 Å². The molecule has 136 valence electrons. The fourth-order valence-corrected chi connectivity index (χ4v) is 4.88. The zero-order valence-electron chi connectivity index (χ0n) is 13.7. The van der Waals surface area contributed by atoms with Crippen molar-refractivity contribution in [3.63, 3.8) is 0 Å². The predicted octanol–water partition coefficient (Wildman–Crippen LogP) is 0.976. The summed E-state index contributed by atoms with van der Waals surface area (Å²) in [5.41, 5.74) is 0.261. The van der Waals surface area contributed by atoms with Crippen LogP contribution in [0.1, 0.15) is 6.92 Å². The number of aliphatic hydroxyl groups excluding tert-OH is 1. The Balaban J connectivity index is 2.33. The van der Waals surface area contributed by atoms with E-state index in [0.29, 0.717) is 0 Å². The minimum absolute atomic E-state index is 0.00423. The van der Waals surface area contributed by atoms with E-state index in [9.17, 15) is 21.9 Å². The summed E-state index contributed by atoms with van der Waals surface area (Å²) < 4.78 is 53.2. The molecule has 0 aromatic heterocycles. The minimum Gasteiger partial charge on any atom is -0.390 e. The van der Waals surface area contributed by atoms with E-state index in [-0.39, 0.29) is 28.6 Å². The van der Waals surface area contributed by atoms with Gasteiger partial charge in [-0.3, -0.25) is 4.72 Å². The Kier molecular flexibility index (Phi) is 5.83. The summed E-state index contributed by atoms with van der Waals surface area (Å²) in [7, 11) is -7.80. The first-order chi connectivity index (χ1) is 11.7. The third-order valence-corrected chi connectivity index (χ3v) is 6.73. The molecule has 7 nitrogen and oxygen atoms in total. The Morgan fingerprint density at radius 2 is 1.92 bits per heavy atom. The van der Waals surface area contributed by atoms with Crippen LogP contribution in [0.25, 0.3) is 0 Å². The third-order valence-electron chi connectivity index (χ3n) is 3.52. The summed E-state index contributed by atoms with van der Waals surface area (Å²) in [4.78, 5) is -0.317. The standard InChI is InChI=1S/C16H20N2O5S2/c1-3-5-7-13(4-2)17-24(20,21)15-8-6-9-16(10-15)25(22,23)18-11-14(19)12-18/h3-10,14,17,19H,2,11-12H2,1H3/b5-3-,13-7+. The van der Waals surface area contributed by atoms with E-state index in [1.165, 1.54) is 30.4 Å². The molecular weight excluding hydrogens is 364 g/mol. The van der Waals surface area contributed by atoms with Gasteiger partial charge in [-0.25, -0.2) is 16.8 Å². The predicted molar refractivity (Wildman–Crippen MR) is 94.6 cm³/mol. The monoisotopic (exact) mass is 384 g/mol. The van der Waals surface area contributed by atoms with Gasteiger partial charge in [0.05, 0.1) is 15.9 Å². The number of hydrogen-bond acceptors (Lipinski definition) is 5. The van der Waals surface area contributed by atoms with Crippen LogP contribution in [0.2, 0.25) is 0 Å². The summed E-state index contributed by atoms with van der Waals surface area (Å²) in [6.45, 7) is 5.34. The van der Waals surface area contributed by atoms with Crippen molar-refractivity contribution in [2.75, 3.05) is 13.1 Å². The lowest BCUT2D eigenvalue weighted by Crippen LogP contribution is -2.53. The molecule has 1 aliphatic heterocycles. The molecule has 0 saturated carbocycles. The molecule has 0 aliphatic carbocycles. The number of benzene rings is 1. The fraction of sp³-hybridized carbons (Fsp3) is 0.250. The summed E-state index contributed by atoms with van der Waals surface area (Å²) in [5.74, 6) is 0. The van der Waals surface area contributed by atoms with Gasteiger partial charge in [-0.05, 0) is 37.3 Å². The molecule has 0 spiro atoms. The summed E-state index contributed by atoms with van der Waals surface area (Å²) in [6, 6.07) is 5.09. The average molecular weight is 384 g/mol. The Labute approximate surface area is 148 Å². The Morgan fingerprint density at radius 1 is 1.28 bits per heavy atom. The van der Waals surface area contributed by atoms with E-state index in [2.05, 4.69) is 11.3 Å². The number of rotatable bonds is 7. The Hall–Kier alpha value is -1.94. The third kappa shape index (κ3) is 4.37. The first-order valence-corrected chi connectivity index (χ1v) is 10.4. The summed E-state index contributed by atoms with van der Waals surface area (Å²) >= 11 is 0. The van der Waals surface area contributed by atoms with Crippen LogP contribution in [0.4, 0.5) is 0 Å². The summed E-state index contributed by atoms with van der Waals surface area (Å²) in [5, 5.41) is 9.28. The van der Waals surface area contributed by atoms with Crippen molar-refractivity contribution in [3.8, 4) is 0 Å². The second-order valence-corrected chi connectivity index (χ2v) is 9.03. The largest absolute Gasteiger partial charge is 0.390 e. The number of aliphatic hydroxyl groups is 1. The molecule has 1 aliphatic rings. The highest BCUT2D eigenvalue weighted by molar-refractivity contribution is 7.90. The van der Waals surface area contributed by atoms with Crippen LogP contribution in [0.15, 0.2) is 70.6 Å². The zero-order chi connectivity index (χ0) is 18.7. The number of hydrogen-bond donors (Lipinski definition) is 2. The molecule has 0 radical (unpaired) electrons. The van der Waals surface area contributed by atoms with Crippen molar-refractivity contribution >= 4 is 20.0 Å². The van der Waals surface area contributed by atoms with Crippen LogP contribution in [0.5, 0.6) is 0 Å². The van der Waals surface area contributed by atoms with Crippen LogP contribution in [0.3, 0.4) is 0 Å². The van der Waals surface area contributed by atoms with Crippen molar-refractivity contribution in [1.29, 1.82) is 0 Å². The van der Waals surface area contributed by atoms with Gasteiger partial charge in [0, 0.05) is 18.8 Å². The second kappa shape index (κ2) is 7.52. The van der Waals surface area contributed by atoms with Crippen LogP contribution in [0, 0.1) is 0 Å². The van der Waals surface area contributed by atoms with Gasteiger partial charge in [0.15, 0.2) is 0 Å². The number of β-amino-alcohol motifs (C(OH)–C–C–N with tert-alkyl or cyclic N) is 1. The highest BCUT2D eigenvalue weighted by Crippen LogP contribution is 2.23. The van der Waals surface area contributed by atoms with E-state index >= 15 is 0 Å². The molecule has 1 saturated heterocycles. The average Bonchev–Trinajstić information content (AvgIpc) is 2.55. The number of sulfonamides is 2. The molecule has 0 bridgehead atoms. The minimum atomic E-state index is -3.97. The van der Waals surface area contributed by atoms with Gasteiger partial charge in [-0.15, -0.1) is 0 Å². The molecule has 1 fully saturated rings. The lowest BCUT2D eigenvalue weighted by Gasteiger charge is -2.34. The van der Waals surface area contributed by atoms with E-state index in [4.69, 9.17) is 0 Å². The maximum absolute atomic E-state index is 12.5. The van der Waals surface area contributed by atoms with Gasteiger partial charge in [0.2, 0.25) is 10.0 Å². The maximum Gasteiger partial charge on any atom is 0.261 e. The zero-order valence-corrected chi connectivity index (χ0v) is 15.3. The van der Waals surface area contributed by atoms with Gasteiger partial charge < -0.3 is 5.11 Å². The molecule has 25 heavy (non-hydrogen) atoms. The van der Waals surface area contributed by atoms with E-state index in [0.717, 1.165) is 10.4 Å². The van der Waals surface area contributed by atoms with Crippen molar-refractivity contribution in [1.82, 2.24) is 9.03 Å². The Bertz CT molecular complexity index is 912. The number of allylic oxidation sites excluding steroid dienone is 4. The van der Waals surface area contributed by atoms with E-state index in [1.54, 1.807) is 19.1 Å². The SMILES string of the molecule is C=C/C(=C\C=C/C)NS(=O)(=O)c1cccc(S(=O)(=O)N2CC(O)C2)c1. The maximum atomic E-state index is 12.5. The van der Waals surface area contributed by atoms with Gasteiger partial charge in [-0.1, -0.05) is 24.8 Å². The molecule has 0 unspecified atom stereocenters. The van der Waals surface area contributed by atoms with Gasteiger partial charge >= 0.3 is 0 Å². The van der Waals surface area contributed by atoms with Crippen LogP contribution >= 0.6 is 0 Å². The van der Waals surface area contributed by atoms with Crippen molar-refractivity contribution in [2.24, 2.45) is 0 Å². The van der Waals surface area contributed by atoms with Crippen molar-refractivity contribution in [3.05, 3.63) is 60.8 Å².